The van der Waals surface area contributed by atoms with Crippen LogP contribution in [-0.4, -0.2) is 43.2 Å². The third kappa shape index (κ3) is 3.53. The highest BCUT2D eigenvalue weighted by Crippen LogP contribution is 2.50. The van der Waals surface area contributed by atoms with E-state index in [9.17, 15) is 31.4 Å². The van der Waals surface area contributed by atoms with Gasteiger partial charge in [0, 0.05) is 17.8 Å². The van der Waals surface area contributed by atoms with Crippen LogP contribution < -0.4 is 4.90 Å². The molecule has 1 aromatic rings. The van der Waals surface area contributed by atoms with Gasteiger partial charge in [0.25, 0.3) is 11.6 Å². The molecule has 1 aliphatic heterocycles. The van der Waals surface area contributed by atoms with Gasteiger partial charge in [-0.05, 0) is 18.6 Å². The lowest BCUT2D eigenvalue weighted by Crippen LogP contribution is -2.53. The Labute approximate surface area is 139 Å². The van der Waals surface area contributed by atoms with Crippen LogP contribution in [0.25, 0.3) is 0 Å². The molecule has 10 heteroatoms. The lowest BCUT2D eigenvalue weighted by molar-refractivity contribution is -0.376. The smallest absolute Gasteiger partial charge is 0.430 e. The van der Waals surface area contributed by atoms with Gasteiger partial charge in [0.1, 0.15) is 6.61 Å². The molecule has 0 saturated heterocycles. The summed E-state index contributed by atoms with van der Waals surface area (Å²) >= 11 is 0. The van der Waals surface area contributed by atoms with Crippen molar-refractivity contribution in [3.05, 3.63) is 29.8 Å². The first-order valence-corrected chi connectivity index (χ1v) is 7.43. The van der Waals surface area contributed by atoms with Crippen molar-refractivity contribution in [1.29, 1.82) is 0 Å². The lowest BCUT2D eigenvalue weighted by atomic mass is 9.92. The molecule has 0 aromatic heterocycles. The van der Waals surface area contributed by atoms with Gasteiger partial charge in [0.15, 0.2) is 0 Å². The van der Waals surface area contributed by atoms with Gasteiger partial charge >= 0.3 is 12.4 Å². The Morgan fingerprint density at radius 2 is 1.64 bits per heavy atom. The molecule has 0 unspecified atom stereocenters. The minimum Gasteiger partial charge on any atom is -0.463 e. The van der Waals surface area contributed by atoms with Gasteiger partial charge in [0.05, 0.1) is 6.54 Å². The maximum Gasteiger partial charge on any atom is 0.430 e. The van der Waals surface area contributed by atoms with Gasteiger partial charge in [-0.3, -0.25) is 4.90 Å². The van der Waals surface area contributed by atoms with Gasteiger partial charge in [0.2, 0.25) is 0 Å². The van der Waals surface area contributed by atoms with Crippen molar-refractivity contribution >= 4 is 11.7 Å². The molecule has 1 aliphatic rings. The summed E-state index contributed by atoms with van der Waals surface area (Å²) in [6, 6.07) is 3.61. The van der Waals surface area contributed by atoms with Crippen molar-refractivity contribution < 1.29 is 36.2 Å². The second kappa shape index (κ2) is 6.74. The fourth-order valence-corrected chi connectivity index (χ4v) is 2.42. The van der Waals surface area contributed by atoms with E-state index in [-0.39, 0.29) is 6.02 Å². The first-order chi connectivity index (χ1) is 11.5. The van der Waals surface area contributed by atoms with E-state index in [1.807, 2.05) is 6.92 Å². The molecule has 140 valence electrons. The van der Waals surface area contributed by atoms with Crippen molar-refractivity contribution in [2.75, 3.05) is 24.6 Å². The van der Waals surface area contributed by atoms with Crippen LogP contribution in [0.3, 0.4) is 0 Å². The lowest BCUT2D eigenvalue weighted by Gasteiger charge is -2.33. The van der Waals surface area contributed by atoms with E-state index >= 15 is 0 Å². The van der Waals surface area contributed by atoms with Crippen LogP contribution in [0.4, 0.5) is 32.0 Å². The van der Waals surface area contributed by atoms with E-state index in [1.165, 1.54) is 0 Å². The third-order valence-electron chi connectivity index (χ3n) is 3.66. The Hall–Kier alpha value is -1.97. The maximum atomic E-state index is 12.9. The quantitative estimate of drug-likeness (QED) is 0.824. The molecule has 0 fully saturated rings. The summed E-state index contributed by atoms with van der Waals surface area (Å²) in [6.07, 6.45) is -11.2. The van der Waals surface area contributed by atoms with Gasteiger partial charge < -0.3 is 9.84 Å². The van der Waals surface area contributed by atoms with Crippen LogP contribution in [0.15, 0.2) is 29.3 Å². The normalized spacial score (nSPS) is 15.8. The molecule has 0 atom stereocenters. The highest BCUT2D eigenvalue weighted by atomic mass is 19.4. The van der Waals surface area contributed by atoms with Crippen molar-refractivity contribution in [3.63, 3.8) is 0 Å². The van der Waals surface area contributed by atoms with Crippen molar-refractivity contribution in [1.82, 2.24) is 0 Å². The summed E-state index contributed by atoms with van der Waals surface area (Å²) in [7, 11) is 0. The van der Waals surface area contributed by atoms with Crippen molar-refractivity contribution in [3.8, 4) is 0 Å². The summed E-state index contributed by atoms with van der Waals surface area (Å²) in [5, 5.41) is 9.39. The Balaban J connectivity index is 2.40. The standard InChI is InChI=1S/C15H16F6N2O2/c1-2-8-23(12-22-7-9-25-12)11-5-3-10(4-6-11)13(24,14(16,17)18)15(19,20)21/h3-6,24H,2,7-9H2,1H3. The van der Waals surface area contributed by atoms with Crippen molar-refractivity contribution in [2.45, 2.75) is 31.3 Å². The Bertz CT molecular complexity index is 610. The molecule has 1 heterocycles. The molecule has 1 N–H and O–H groups in total. The predicted octanol–water partition coefficient (Wildman–Crippen LogP) is 3.60. The van der Waals surface area contributed by atoms with Crippen LogP contribution in [0.1, 0.15) is 18.9 Å². The van der Waals surface area contributed by atoms with Gasteiger partial charge in [-0.15, -0.1) is 0 Å². The van der Waals surface area contributed by atoms with E-state index in [2.05, 4.69) is 4.99 Å². The molecule has 0 bridgehead atoms. The number of rotatable bonds is 4. The summed E-state index contributed by atoms with van der Waals surface area (Å²) in [5.41, 5.74) is -5.92. The van der Waals surface area contributed by atoms with E-state index in [0.29, 0.717) is 43.9 Å². The van der Waals surface area contributed by atoms with Crippen LogP contribution in [-0.2, 0) is 10.3 Å². The minimum absolute atomic E-state index is 0.261. The molecule has 0 aliphatic carbocycles. The fourth-order valence-electron chi connectivity index (χ4n) is 2.42. The largest absolute Gasteiger partial charge is 0.463 e. The van der Waals surface area contributed by atoms with Gasteiger partial charge in [-0.25, -0.2) is 4.99 Å². The van der Waals surface area contributed by atoms with E-state index < -0.39 is 23.5 Å². The number of aliphatic hydroxyl groups is 1. The molecular formula is C15H16F6N2O2. The first-order valence-electron chi connectivity index (χ1n) is 7.43. The zero-order valence-electron chi connectivity index (χ0n) is 13.2. The number of ether oxygens (including phenoxy) is 1. The zero-order chi connectivity index (χ0) is 18.9. The average Bonchev–Trinajstić information content (AvgIpc) is 3.04. The summed E-state index contributed by atoms with van der Waals surface area (Å²) in [4.78, 5) is 5.64. The second-order valence-corrected chi connectivity index (χ2v) is 5.42. The topological polar surface area (TPSA) is 45.1 Å². The number of amidine groups is 1. The molecule has 0 saturated carbocycles. The van der Waals surface area contributed by atoms with E-state index in [0.717, 1.165) is 12.1 Å². The van der Waals surface area contributed by atoms with Crippen LogP contribution in [0.5, 0.6) is 0 Å². The van der Waals surface area contributed by atoms with Crippen LogP contribution >= 0.6 is 0 Å². The highest BCUT2D eigenvalue weighted by Gasteiger charge is 2.71. The zero-order valence-corrected chi connectivity index (χ0v) is 13.2. The van der Waals surface area contributed by atoms with Crippen LogP contribution in [0, 0.1) is 0 Å². The average molecular weight is 370 g/mol. The Morgan fingerprint density at radius 1 is 1.08 bits per heavy atom. The number of hydrogen-bond acceptors (Lipinski definition) is 4. The Morgan fingerprint density at radius 3 is 2.04 bits per heavy atom. The predicted molar refractivity (Wildman–Crippen MR) is 78.3 cm³/mol. The summed E-state index contributed by atoms with van der Waals surface area (Å²) in [5.74, 6) is 0. The minimum atomic E-state index is -5.91. The van der Waals surface area contributed by atoms with E-state index in [1.54, 1.807) is 4.90 Å². The SMILES string of the molecule is CCCN(C1=NCCO1)c1ccc(C(O)(C(F)(F)F)C(F)(F)F)cc1. The van der Waals surface area contributed by atoms with Crippen LogP contribution in [0.2, 0.25) is 0 Å². The fraction of sp³-hybridized carbons (Fsp3) is 0.533. The number of hydrogen-bond donors (Lipinski definition) is 1. The van der Waals surface area contributed by atoms with E-state index in [4.69, 9.17) is 4.74 Å². The molecule has 0 amide bonds. The number of halogens is 6. The highest BCUT2D eigenvalue weighted by molar-refractivity contribution is 5.92. The molecule has 4 nitrogen and oxygen atoms in total. The van der Waals surface area contributed by atoms with Gasteiger partial charge in [-0.1, -0.05) is 19.1 Å². The summed E-state index contributed by atoms with van der Waals surface area (Å²) in [6.45, 7) is 3.05. The monoisotopic (exact) mass is 370 g/mol. The molecule has 2 rings (SSSR count). The number of aliphatic imine (C=N–C) groups is 1. The molecular weight excluding hydrogens is 354 g/mol. The number of nitrogens with zero attached hydrogens (tertiary/aromatic N) is 2. The van der Waals surface area contributed by atoms with Crippen molar-refractivity contribution in [2.24, 2.45) is 4.99 Å². The molecule has 25 heavy (non-hydrogen) atoms. The second-order valence-electron chi connectivity index (χ2n) is 5.42. The third-order valence-corrected chi connectivity index (χ3v) is 3.66. The number of alkyl halides is 6. The molecule has 0 spiro atoms. The van der Waals surface area contributed by atoms with Gasteiger partial charge in [-0.2, -0.15) is 26.3 Å². The number of anilines is 1. The number of benzene rings is 1. The molecule has 1 aromatic carbocycles. The summed E-state index contributed by atoms with van der Waals surface area (Å²) < 4.78 is 82.6. The molecule has 0 radical (unpaired) electrons. The Kier molecular flexibility index (Phi) is 5.22. The maximum absolute atomic E-state index is 12.9. The first kappa shape index (κ1) is 19.4.